The molecule has 0 unspecified atom stereocenters. The number of carbonyl (C=O) groups is 1. The zero-order chi connectivity index (χ0) is 18.5. The molecule has 0 saturated carbocycles. The third-order valence-electron chi connectivity index (χ3n) is 3.40. The third kappa shape index (κ3) is 4.65. The molecule has 0 saturated heterocycles. The smallest absolute Gasteiger partial charge is 0.275 e. The zero-order valence-electron chi connectivity index (χ0n) is 14.4. The molecule has 3 aromatic heterocycles. The van der Waals surface area contributed by atoms with Crippen LogP contribution in [0.3, 0.4) is 0 Å². The maximum absolute atomic E-state index is 12.1. The normalized spacial score (nSPS) is 11.2. The summed E-state index contributed by atoms with van der Waals surface area (Å²) in [5.41, 5.74) is 0.498. The molecule has 0 spiro atoms. The second-order valence-corrected chi connectivity index (χ2v) is 8.68. The second kappa shape index (κ2) is 8.69. The Bertz CT molecular complexity index is 964. The topological polar surface area (TPSA) is 102 Å². The van der Waals surface area contributed by atoms with E-state index >= 15 is 0 Å². The third-order valence-corrected chi connectivity index (χ3v) is 6.45. The monoisotopic (exact) mass is 410 g/mol. The number of rotatable bonds is 8. The molecule has 3 heterocycles. The van der Waals surface area contributed by atoms with E-state index in [1.807, 2.05) is 13.8 Å². The molecule has 0 aliphatic rings. The molecule has 3 aromatic rings. The van der Waals surface area contributed by atoms with Crippen molar-refractivity contribution in [3.05, 3.63) is 27.1 Å². The summed E-state index contributed by atoms with van der Waals surface area (Å²) in [5, 5.41) is 16.4. The fourth-order valence-corrected chi connectivity index (χ4v) is 4.60. The minimum atomic E-state index is -0.178. The predicted molar refractivity (Wildman–Crippen MR) is 104 cm³/mol. The fraction of sp³-hybridized carbons (Fsp3) is 0.467. The molecular formula is C15H18N6O2S3. The number of hydrogen-bond donors (Lipinski definition) is 1. The number of aryl methyl sites for hydroxylation is 1. The van der Waals surface area contributed by atoms with Crippen molar-refractivity contribution in [2.45, 2.75) is 49.6 Å². The van der Waals surface area contributed by atoms with Gasteiger partial charge in [0.1, 0.15) is 5.01 Å². The average Bonchev–Trinajstić information content (AvgIpc) is 3.24. The summed E-state index contributed by atoms with van der Waals surface area (Å²) < 4.78 is 2.06. The summed E-state index contributed by atoms with van der Waals surface area (Å²) in [6.45, 7) is 4.03. The lowest BCUT2D eigenvalue weighted by atomic mass is 10.2. The molecular weight excluding hydrogens is 392 g/mol. The molecule has 0 aromatic carbocycles. The lowest BCUT2D eigenvalue weighted by Crippen LogP contribution is -2.15. The first-order valence-electron chi connectivity index (χ1n) is 8.24. The van der Waals surface area contributed by atoms with Gasteiger partial charge in [0.15, 0.2) is 4.34 Å². The van der Waals surface area contributed by atoms with Crippen LogP contribution in [0.4, 0.5) is 5.13 Å². The standard InChI is InChI=1S/C15H18N6O2S3/c1-3-5-6-10(22)17-13-18-19-15(26-13)24-8-9-7-12(23)21-14(16-9)25-11(4-2)20-21/h7H,3-6,8H2,1-2H3,(H,17,18,22). The van der Waals surface area contributed by atoms with Crippen molar-refractivity contribution in [1.29, 1.82) is 0 Å². The Kier molecular flexibility index (Phi) is 6.33. The highest BCUT2D eigenvalue weighted by Gasteiger charge is 2.11. The highest BCUT2D eigenvalue weighted by atomic mass is 32.2. The fourth-order valence-electron chi connectivity index (χ4n) is 2.09. The van der Waals surface area contributed by atoms with Crippen LogP contribution in [0.2, 0.25) is 0 Å². The van der Waals surface area contributed by atoms with Crippen molar-refractivity contribution in [2.24, 2.45) is 0 Å². The van der Waals surface area contributed by atoms with Crippen LogP contribution in [0.5, 0.6) is 0 Å². The maximum atomic E-state index is 12.1. The summed E-state index contributed by atoms with van der Waals surface area (Å²) in [5.74, 6) is 0.459. The number of carbonyl (C=O) groups excluding carboxylic acids is 1. The first kappa shape index (κ1) is 18.9. The molecule has 26 heavy (non-hydrogen) atoms. The second-order valence-electron chi connectivity index (χ2n) is 5.44. The molecule has 0 radical (unpaired) electrons. The number of anilines is 1. The van der Waals surface area contributed by atoms with Gasteiger partial charge in [0.2, 0.25) is 16.0 Å². The minimum Gasteiger partial charge on any atom is -0.301 e. The van der Waals surface area contributed by atoms with Crippen LogP contribution < -0.4 is 10.9 Å². The van der Waals surface area contributed by atoms with Crippen LogP contribution in [0.15, 0.2) is 15.2 Å². The number of nitrogens with zero attached hydrogens (tertiary/aromatic N) is 5. The molecule has 0 aliphatic heterocycles. The van der Waals surface area contributed by atoms with Crippen LogP contribution in [0.25, 0.3) is 4.96 Å². The molecule has 0 bridgehead atoms. The molecule has 3 rings (SSSR count). The number of nitrogens with one attached hydrogen (secondary N) is 1. The molecule has 0 aliphatic carbocycles. The van der Waals surface area contributed by atoms with E-state index in [1.54, 1.807) is 0 Å². The van der Waals surface area contributed by atoms with Gasteiger partial charge in [0, 0.05) is 18.2 Å². The highest BCUT2D eigenvalue weighted by molar-refractivity contribution is 8.00. The molecule has 138 valence electrons. The Morgan fingerprint density at radius 1 is 1.31 bits per heavy atom. The number of aromatic nitrogens is 5. The van der Waals surface area contributed by atoms with Crippen molar-refractivity contribution < 1.29 is 4.79 Å². The first-order valence-corrected chi connectivity index (χ1v) is 10.9. The van der Waals surface area contributed by atoms with E-state index < -0.39 is 0 Å². The largest absolute Gasteiger partial charge is 0.301 e. The van der Waals surface area contributed by atoms with Gasteiger partial charge in [0.05, 0.1) is 5.69 Å². The summed E-state index contributed by atoms with van der Waals surface area (Å²) >= 11 is 4.18. The number of hydrogen-bond acceptors (Lipinski definition) is 9. The molecule has 11 heteroatoms. The van der Waals surface area contributed by atoms with E-state index in [0.717, 1.165) is 28.6 Å². The van der Waals surface area contributed by atoms with Gasteiger partial charge in [-0.25, -0.2) is 4.98 Å². The van der Waals surface area contributed by atoms with Gasteiger partial charge in [-0.05, 0) is 12.8 Å². The van der Waals surface area contributed by atoms with E-state index in [4.69, 9.17) is 0 Å². The van der Waals surface area contributed by atoms with Crippen LogP contribution >= 0.6 is 34.4 Å². The summed E-state index contributed by atoms with van der Waals surface area (Å²) in [6, 6.07) is 1.49. The number of amides is 1. The van der Waals surface area contributed by atoms with E-state index in [2.05, 4.69) is 25.6 Å². The van der Waals surface area contributed by atoms with E-state index in [1.165, 1.54) is 45.0 Å². The van der Waals surface area contributed by atoms with Gasteiger partial charge in [0.25, 0.3) is 5.56 Å². The lowest BCUT2D eigenvalue weighted by Gasteiger charge is -1.99. The Labute approximate surface area is 162 Å². The number of fused-ring (bicyclic) bond motifs is 1. The molecule has 0 atom stereocenters. The van der Waals surface area contributed by atoms with E-state index in [9.17, 15) is 9.59 Å². The van der Waals surface area contributed by atoms with E-state index in [0.29, 0.717) is 28.0 Å². The summed E-state index contributed by atoms with van der Waals surface area (Å²) in [7, 11) is 0. The summed E-state index contributed by atoms with van der Waals surface area (Å²) in [6.07, 6.45) is 3.09. The number of thioether (sulfide) groups is 1. The Morgan fingerprint density at radius 3 is 2.92 bits per heavy atom. The van der Waals surface area contributed by atoms with Gasteiger partial charge in [-0.2, -0.15) is 9.61 Å². The van der Waals surface area contributed by atoms with Gasteiger partial charge in [-0.3, -0.25) is 9.59 Å². The molecule has 1 N–H and O–H groups in total. The Balaban J connectivity index is 1.63. The maximum Gasteiger partial charge on any atom is 0.275 e. The van der Waals surface area contributed by atoms with Gasteiger partial charge < -0.3 is 5.32 Å². The number of unbranched alkanes of at least 4 members (excludes halogenated alkanes) is 1. The quantitative estimate of drug-likeness (QED) is 0.450. The molecule has 8 nitrogen and oxygen atoms in total. The van der Waals surface area contributed by atoms with Gasteiger partial charge in [-0.15, -0.1) is 10.2 Å². The average molecular weight is 411 g/mol. The van der Waals surface area contributed by atoms with Crippen molar-refractivity contribution in [3.8, 4) is 0 Å². The SMILES string of the molecule is CCCCC(=O)Nc1nnc(SCc2cc(=O)n3nc(CC)sc3n2)s1. The van der Waals surface area contributed by atoms with Crippen molar-refractivity contribution in [3.63, 3.8) is 0 Å². The van der Waals surface area contributed by atoms with Gasteiger partial charge in [-0.1, -0.05) is 54.7 Å². The van der Waals surface area contributed by atoms with Crippen LogP contribution in [0.1, 0.15) is 43.8 Å². The highest BCUT2D eigenvalue weighted by Crippen LogP contribution is 2.28. The summed E-state index contributed by atoms with van der Waals surface area (Å²) in [4.78, 5) is 29.0. The predicted octanol–water partition coefficient (Wildman–Crippen LogP) is 2.99. The molecule has 1 amide bonds. The zero-order valence-corrected chi connectivity index (χ0v) is 16.8. The van der Waals surface area contributed by atoms with Crippen LogP contribution in [-0.2, 0) is 17.0 Å². The Morgan fingerprint density at radius 2 is 2.15 bits per heavy atom. The van der Waals surface area contributed by atoms with Crippen molar-refractivity contribution in [2.75, 3.05) is 5.32 Å². The van der Waals surface area contributed by atoms with Crippen LogP contribution in [0, 0.1) is 0 Å². The first-order chi connectivity index (χ1) is 12.6. The Hall–Kier alpha value is -1.85. The van der Waals surface area contributed by atoms with Crippen molar-refractivity contribution in [1.82, 2.24) is 24.8 Å². The van der Waals surface area contributed by atoms with Crippen molar-refractivity contribution >= 4 is 50.4 Å². The lowest BCUT2D eigenvalue weighted by molar-refractivity contribution is -0.116. The minimum absolute atomic E-state index is 0.0448. The molecule has 0 fully saturated rings. The van der Waals surface area contributed by atoms with Crippen LogP contribution in [-0.4, -0.2) is 30.7 Å². The van der Waals surface area contributed by atoms with E-state index in [-0.39, 0.29) is 11.5 Å². The van der Waals surface area contributed by atoms with Gasteiger partial charge >= 0.3 is 0 Å².